The van der Waals surface area contributed by atoms with Crippen LogP contribution in [0.15, 0.2) is 29.2 Å². The Kier molecular flexibility index (Phi) is 3.69. The van der Waals surface area contributed by atoms with Gasteiger partial charge in [0.25, 0.3) is 0 Å². The number of nitrogens with one attached hydrogen (secondary N) is 1. The Morgan fingerprint density at radius 1 is 1.29 bits per heavy atom. The number of ether oxygens (including phenoxy) is 1. The molecule has 1 saturated heterocycles. The van der Waals surface area contributed by atoms with Crippen LogP contribution in [0.1, 0.15) is 12.8 Å². The third-order valence-electron chi connectivity index (χ3n) is 2.81. The van der Waals surface area contributed by atoms with Gasteiger partial charge in [-0.05, 0) is 43.7 Å². The highest BCUT2D eigenvalue weighted by Gasteiger charge is 2.14. The second-order valence-electron chi connectivity index (χ2n) is 4.33. The molecule has 1 unspecified atom stereocenters. The van der Waals surface area contributed by atoms with E-state index < -0.39 is 9.84 Å². The molecule has 1 aromatic carbocycles. The SMILES string of the molecule is CS(=O)(=O)c1ccc(OC2CCCNC2)cc1. The summed E-state index contributed by atoms with van der Waals surface area (Å²) in [6, 6.07) is 6.60. The fourth-order valence-electron chi connectivity index (χ4n) is 1.88. The molecular weight excluding hydrogens is 238 g/mol. The molecule has 1 aliphatic rings. The monoisotopic (exact) mass is 255 g/mol. The molecule has 17 heavy (non-hydrogen) atoms. The van der Waals surface area contributed by atoms with E-state index in [4.69, 9.17) is 4.74 Å². The maximum Gasteiger partial charge on any atom is 0.175 e. The smallest absolute Gasteiger partial charge is 0.175 e. The van der Waals surface area contributed by atoms with Crippen molar-refractivity contribution in [3.63, 3.8) is 0 Å². The Labute approximate surface area is 102 Å². The molecule has 1 heterocycles. The standard InChI is InChI=1S/C12H17NO3S/c1-17(14,15)12-6-4-10(5-7-12)16-11-3-2-8-13-9-11/h4-7,11,13H,2-3,8-9H2,1H3. The molecule has 0 spiro atoms. The first-order valence-corrected chi connectivity index (χ1v) is 7.62. The minimum atomic E-state index is -3.12. The Morgan fingerprint density at radius 3 is 2.53 bits per heavy atom. The topological polar surface area (TPSA) is 55.4 Å². The Bertz CT molecular complexity index is 461. The van der Waals surface area contributed by atoms with Gasteiger partial charge >= 0.3 is 0 Å². The van der Waals surface area contributed by atoms with Crippen LogP contribution in [0.25, 0.3) is 0 Å². The van der Waals surface area contributed by atoms with Gasteiger partial charge in [0.2, 0.25) is 0 Å². The summed E-state index contributed by atoms with van der Waals surface area (Å²) in [7, 11) is -3.12. The second-order valence-corrected chi connectivity index (χ2v) is 6.35. The summed E-state index contributed by atoms with van der Waals surface area (Å²) >= 11 is 0. The van der Waals surface area contributed by atoms with Gasteiger partial charge in [-0.15, -0.1) is 0 Å². The summed E-state index contributed by atoms with van der Waals surface area (Å²) in [4.78, 5) is 0.326. The molecule has 1 aromatic rings. The van der Waals surface area contributed by atoms with Crippen LogP contribution in [0.3, 0.4) is 0 Å². The maximum absolute atomic E-state index is 11.3. The lowest BCUT2D eigenvalue weighted by atomic mass is 10.1. The molecule has 1 fully saturated rings. The van der Waals surface area contributed by atoms with Crippen molar-refractivity contribution in [2.45, 2.75) is 23.8 Å². The van der Waals surface area contributed by atoms with Crippen molar-refractivity contribution in [3.05, 3.63) is 24.3 Å². The third kappa shape index (κ3) is 3.44. The number of piperidine rings is 1. The van der Waals surface area contributed by atoms with Gasteiger partial charge in [0.1, 0.15) is 11.9 Å². The van der Waals surface area contributed by atoms with Crippen molar-refractivity contribution in [3.8, 4) is 5.75 Å². The van der Waals surface area contributed by atoms with Gasteiger partial charge in [-0.2, -0.15) is 0 Å². The average molecular weight is 255 g/mol. The van der Waals surface area contributed by atoms with Gasteiger partial charge in [-0.1, -0.05) is 0 Å². The lowest BCUT2D eigenvalue weighted by molar-refractivity contribution is 0.167. The van der Waals surface area contributed by atoms with E-state index in [1.807, 2.05) is 0 Å². The third-order valence-corrected chi connectivity index (χ3v) is 3.93. The number of hydrogen-bond donors (Lipinski definition) is 1. The van der Waals surface area contributed by atoms with Gasteiger partial charge in [-0.25, -0.2) is 8.42 Å². The first-order chi connectivity index (χ1) is 8.05. The Hall–Kier alpha value is -1.07. The highest BCUT2D eigenvalue weighted by Crippen LogP contribution is 2.18. The molecule has 0 amide bonds. The summed E-state index contributed by atoms with van der Waals surface area (Å²) in [6.45, 7) is 1.90. The van der Waals surface area contributed by atoms with Crippen LogP contribution in [0.4, 0.5) is 0 Å². The highest BCUT2D eigenvalue weighted by molar-refractivity contribution is 7.90. The van der Waals surface area contributed by atoms with Crippen LogP contribution < -0.4 is 10.1 Å². The Morgan fingerprint density at radius 2 is 2.00 bits per heavy atom. The molecule has 0 radical (unpaired) electrons. The van der Waals surface area contributed by atoms with Crippen molar-refractivity contribution in [1.82, 2.24) is 5.32 Å². The predicted molar refractivity (Wildman–Crippen MR) is 66.1 cm³/mol. The van der Waals surface area contributed by atoms with Crippen molar-refractivity contribution < 1.29 is 13.2 Å². The minimum Gasteiger partial charge on any atom is -0.489 e. The molecule has 1 atom stereocenters. The van der Waals surface area contributed by atoms with Crippen molar-refractivity contribution in [2.24, 2.45) is 0 Å². The summed E-state index contributed by atoms with van der Waals surface area (Å²) in [6.07, 6.45) is 3.55. The van der Waals surface area contributed by atoms with Gasteiger partial charge in [-0.3, -0.25) is 0 Å². The highest BCUT2D eigenvalue weighted by atomic mass is 32.2. The summed E-state index contributed by atoms with van der Waals surface area (Å²) in [5.41, 5.74) is 0. The maximum atomic E-state index is 11.3. The lowest BCUT2D eigenvalue weighted by Gasteiger charge is -2.23. The van der Waals surface area contributed by atoms with E-state index in [1.165, 1.54) is 6.26 Å². The van der Waals surface area contributed by atoms with Crippen molar-refractivity contribution >= 4 is 9.84 Å². The summed E-state index contributed by atoms with van der Waals surface area (Å²) in [5.74, 6) is 0.728. The Balaban J connectivity index is 2.03. The summed E-state index contributed by atoms with van der Waals surface area (Å²) in [5, 5.41) is 3.27. The van der Waals surface area contributed by atoms with Gasteiger partial charge in [0, 0.05) is 12.8 Å². The van der Waals surface area contributed by atoms with E-state index in [-0.39, 0.29) is 6.10 Å². The summed E-state index contributed by atoms with van der Waals surface area (Å²) < 4.78 is 28.3. The van der Waals surface area contributed by atoms with E-state index in [0.717, 1.165) is 31.7 Å². The molecular formula is C12H17NO3S. The molecule has 0 bridgehead atoms. The molecule has 5 heteroatoms. The molecule has 94 valence electrons. The molecule has 0 saturated carbocycles. The fraction of sp³-hybridized carbons (Fsp3) is 0.500. The molecule has 4 nitrogen and oxygen atoms in total. The number of rotatable bonds is 3. The number of sulfone groups is 1. The van der Waals surface area contributed by atoms with E-state index in [9.17, 15) is 8.42 Å². The van der Waals surface area contributed by atoms with Crippen LogP contribution >= 0.6 is 0 Å². The van der Waals surface area contributed by atoms with Crippen LogP contribution in [-0.4, -0.2) is 33.9 Å². The zero-order valence-corrected chi connectivity index (χ0v) is 10.7. The first-order valence-electron chi connectivity index (χ1n) is 5.73. The average Bonchev–Trinajstić information content (AvgIpc) is 2.30. The minimum absolute atomic E-state index is 0.188. The largest absolute Gasteiger partial charge is 0.489 e. The number of benzene rings is 1. The first kappa shape index (κ1) is 12.4. The van der Waals surface area contributed by atoms with E-state index >= 15 is 0 Å². The normalized spacial score (nSPS) is 21.1. The van der Waals surface area contributed by atoms with Gasteiger partial charge in [0.15, 0.2) is 9.84 Å². The lowest BCUT2D eigenvalue weighted by Crippen LogP contribution is -2.37. The quantitative estimate of drug-likeness (QED) is 0.882. The molecule has 2 rings (SSSR count). The van der Waals surface area contributed by atoms with E-state index in [2.05, 4.69) is 5.32 Å². The molecule has 1 aliphatic heterocycles. The van der Waals surface area contributed by atoms with Crippen molar-refractivity contribution in [2.75, 3.05) is 19.3 Å². The zero-order valence-electron chi connectivity index (χ0n) is 9.85. The fourth-order valence-corrected chi connectivity index (χ4v) is 2.51. The molecule has 0 aliphatic carbocycles. The zero-order chi connectivity index (χ0) is 12.3. The van der Waals surface area contributed by atoms with Crippen LogP contribution in [0, 0.1) is 0 Å². The van der Waals surface area contributed by atoms with Gasteiger partial charge in [0.05, 0.1) is 4.90 Å². The van der Waals surface area contributed by atoms with Crippen molar-refractivity contribution in [1.29, 1.82) is 0 Å². The van der Waals surface area contributed by atoms with Crippen LogP contribution in [0.2, 0.25) is 0 Å². The van der Waals surface area contributed by atoms with E-state index in [1.54, 1.807) is 24.3 Å². The second kappa shape index (κ2) is 5.06. The number of hydrogen-bond acceptors (Lipinski definition) is 4. The molecule has 0 aromatic heterocycles. The van der Waals surface area contributed by atoms with Gasteiger partial charge < -0.3 is 10.1 Å². The van der Waals surface area contributed by atoms with Crippen LogP contribution in [0.5, 0.6) is 5.75 Å². The van der Waals surface area contributed by atoms with Crippen LogP contribution in [-0.2, 0) is 9.84 Å². The van der Waals surface area contributed by atoms with E-state index in [0.29, 0.717) is 4.90 Å². The predicted octanol–water partition coefficient (Wildman–Crippen LogP) is 1.22. The molecule has 1 N–H and O–H groups in total.